The summed E-state index contributed by atoms with van der Waals surface area (Å²) < 4.78 is 27.6. The number of alkyl halides is 1. The molecule has 16 heavy (non-hydrogen) atoms. The smallest absolute Gasteiger partial charge is 0.202 e. The topological polar surface area (TPSA) is 49.4 Å². The van der Waals surface area contributed by atoms with Gasteiger partial charge in [-0.25, -0.2) is 4.72 Å². The summed E-state index contributed by atoms with van der Waals surface area (Å²) in [6.45, 7) is 4.20. The molecule has 1 aliphatic rings. The van der Waals surface area contributed by atoms with Crippen LogP contribution in [0.3, 0.4) is 0 Å². The second-order valence-electron chi connectivity index (χ2n) is 4.74. The molecule has 1 fully saturated rings. The van der Waals surface area contributed by atoms with E-state index in [0.717, 1.165) is 19.3 Å². The maximum absolute atomic E-state index is 11.8. The van der Waals surface area contributed by atoms with Crippen molar-refractivity contribution in [1.82, 2.24) is 9.03 Å². The minimum Gasteiger partial charge on any atom is -0.202 e. The summed E-state index contributed by atoms with van der Waals surface area (Å²) >= 11 is 5.98. The standard InChI is InChI=1S/C10H21ClN2O2S/c1-8(2)13(3)16(14,15)12-7-9-4-5-10(11)6-9/h8-10,12H,4-7H2,1-3H3. The van der Waals surface area contributed by atoms with Gasteiger partial charge in [-0.1, -0.05) is 0 Å². The molecule has 1 N–H and O–H groups in total. The first-order chi connectivity index (χ1) is 7.33. The molecule has 1 saturated carbocycles. The van der Waals surface area contributed by atoms with E-state index in [1.807, 2.05) is 13.8 Å². The van der Waals surface area contributed by atoms with Crippen LogP contribution in [0.15, 0.2) is 0 Å². The first-order valence-electron chi connectivity index (χ1n) is 5.69. The van der Waals surface area contributed by atoms with Crippen LogP contribution in [-0.2, 0) is 10.2 Å². The van der Waals surface area contributed by atoms with Crippen LogP contribution >= 0.6 is 11.6 Å². The molecule has 0 aromatic rings. The zero-order chi connectivity index (χ0) is 12.3. The van der Waals surface area contributed by atoms with Crippen LogP contribution in [0.25, 0.3) is 0 Å². The number of hydrogen-bond donors (Lipinski definition) is 1. The molecule has 0 aliphatic heterocycles. The number of hydrogen-bond acceptors (Lipinski definition) is 2. The van der Waals surface area contributed by atoms with Crippen molar-refractivity contribution in [3.05, 3.63) is 0 Å². The van der Waals surface area contributed by atoms with Gasteiger partial charge < -0.3 is 0 Å². The van der Waals surface area contributed by atoms with E-state index in [0.29, 0.717) is 12.5 Å². The monoisotopic (exact) mass is 268 g/mol. The lowest BCUT2D eigenvalue weighted by Gasteiger charge is -2.22. The minimum absolute atomic E-state index is 0.0261. The summed E-state index contributed by atoms with van der Waals surface area (Å²) in [5.74, 6) is 0.387. The molecular formula is C10H21ClN2O2S. The van der Waals surface area contributed by atoms with Crippen LogP contribution < -0.4 is 4.72 Å². The van der Waals surface area contributed by atoms with Gasteiger partial charge in [-0.2, -0.15) is 12.7 Å². The lowest BCUT2D eigenvalue weighted by atomic mass is 10.1. The predicted molar refractivity (Wildman–Crippen MR) is 66.8 cm³/mol. The van der Waals surface area contributed by atoms with E-state index in [9.17, 15) is 8.42 Å². The molecule has 1 aliphatic carbocycles. The van der Waals surface area contributed by atoms with E-state index in [1.165, 1.54) is 4.31 Å². The van der Waals surface area contributed by atoms with Crippen molar-refractivity contribution >= 4 is 21.8 Å². The van der Waals surface area contributed by atoms with Gasteiger partial charge in [0.1, 0.15) is 0 Å². The Kier molecular flexibility index (Phi) is 5.04. The van der Waals surface area contributed by atoms with Crippen LogP contribution in [0.1, 0.15) is 33.1 Å². The van der Waals surface area contributed by atoms with Gasteiger partial charge in [0, 0.05) is 25.0 Å². The van der Waals surface area contributed by atoms with Crippen LogP contribution in [0.4, 0.5) is 0 Å². The van der Waals surface area contributed by atoms with Crippen LogP contribution in [0.2, 0.25) is 0 Å². The molecule has 96 valence electrons. The second-order valence-corrected chi connectivity index (χ2v) is 7.17. The van der Waals surface area contributed by atoms with Crippen molar-refractivity contribution in [3.8, 4) is 0 Å². The van der Waals surface area contributed by atoms with Gasteiger partial charge in [0.05, 0.1) is 0 Å². The molecule has 2 atom stereocenters. The highest BCUT2D eigenvalue weighted by Crippen LogP contribution is 2.28. The third-order valence-corrected chi connectivity index (χ3v) is 5.25. The normalized spacial score (nSPS) is 26.9. The van der Waals surface area contributed by atoms with Gasteiger partial charge in [0.25, 0.3) is 10.2 Å². The van der Waals surface area contributed by atoms with Crippen LogP contribution in [0, 0.1) is 5.92 Å². The molecule has 0 bridgehead atoms. The summed E-state index contributed by atoms with van der Waals surface area (Å²) in [5, 5.41) is 0.220. The zero-order valence-corrected chi connectivity index (χ0v) is 11.7. The fourth-order valence-electron chi connectivity index (χ4n) is 1.80. The lowest BCUT2D eigenvalue weighted by molar-refractivity contribution is 0.397. The molecular weight excluding hydrogens is 248 g/mol. The molecule has 0 amide bonds. The van der Waals surface area contributed by atoms with Crippen molar-refractivity contribution in [2.24, 2.45) is 5.92 Å². The molecule has 0 radical (unpaired) electrons. The van der Waals surface area contributed by atoms with Gasteiger partial charge in [-0.15, -0.1) is 11.6 Å². The highest BCUT2D eigenvalue weighted by Gasteiger charge is 2.26. The van der Waals surface area contributed by atoms with Gasteiger partial charge >= 0.3 is 0 Å². The second kappa shape index (κ2) is 5.67. The van der Waals surface area contributed by atoms with Crippen LogP contribution in [0.5, 0.6) is 0 Å². The maximum atomic E-state index is 11.8. The Bertz CT molecular complexity index is 319. The summed E-state index contributed by atoms with van der Waals surface area (Å²) in [6.07, 6.45) is 2.92. The van der Waals surface area contributed by atoms with E-state index in [1.54, 1.807) is 7.05 Å². The Hall–Kier alpha value is 0.160. The van der Waals surface area contributed by atoms with Crippen molar-refractivity contribution in [2.45, 2.75) is 44.5 Å². The molecule has 1 rings (SSSR count). The molecule has 0 heterocycles. The Labute approximate surface area is 104 Å². The van der Waals surface area contributed by atoms with Gasteiger partial charge in [0.2, 0.25) is 0 Å². The summed E-state index contributed by atoms with van der Waals surface area (Å²) in [6, 6.07) is -0.0261. The van der Waals surface area contributed by atoms with E-state index in [2.05, 4.69) is 4.72 Å². The van der Waals surface area contributed by atoms with Gasteiger partial charge in [-0.3, -0.25) is 0 Å². The number of rotatable bonds is 5. The van der Waals surface area contributed by atoms with E-state index in [-0.39, 0.29) is 11.4 Å². The first-order valence-corrected chi connectivity index (χ1v) is 7.57. The fraction of sp³-hybridized carbons (Fsp3) is 1.00. The quantitative estimate of drug-likeness (QED) is 0.770. The maximum Gasteiger partial charge on any atom is 0.279 e. The van der Waals surface area contributed by atoms with Crippen LogP contribution in [-0.4, -0.2) is 37.7 Å². The zero-order valence-electron chi connectivity index (χ0n) is 10.1. The molecule has 0 spiro atoms. The molecule has 2 unspecified atom stereocenters. The third-order valence-electron chi connectivity index (χ3n) is 3.14. The Balaban J connectivity index is 2.42. The lowest BCUT2D eigenvalue weighted by Crippen LogP contribution is -2.43. The molecule has 0 aromatic carbocycles. The van der Waals surface area contributed by atoms with Crippen molar-refractivity contribution in [2.75, 3.05) is 13.6 Å². The van der Waals surface area contributed by atoms with Crippen molar-refractivity contribution in [1.29, 1.82) is 0 Å². The minimum atomic E-state index is -3.32. The number of halogens is 1. The average Bonchev–Trinajstić information content (AvgIpc) is 2.60. The van der Waals surface area contributed by atoms with Crippen molar-refractivity contribution < 1.29 is 8.42 Å². The molecule has 0 aromatic heterocycles. The molecule has 6 heteroatoms. The van der Waals surface area contributed by atoms with E-state index in [4.69, 9.17) is 11.6 Å². The highest BCUT2D eigenvalue weighted by molar-refractivity contribution is 7.87. The van der Waals surface area contributed by atoms with E-state index < -0.39 is 10.2 Å². The largest absolute Gasteiger partial charge is 0.279 e. The molecule has 0 saturated heterocycles. The van der Waals surface area contributed by atoms with Crippen molar-refractivity contribution in [3.63, 3.8) is 0 Å². The van der Waals surface area contributed by atoms with E-state index >= 15 is 0 Å². The number of nitrogens with zero attached hydrogens (tertiary/aromatic N) is 1. The summed E-state index contributed by atoms with van der Waals surface area (Å²) in [5.41, 5.74) is 0. The Morgan fingerprint density at radius 3 is 2.50 bits per heavy atom. The predicted octanol–water partition coefficient (Wildman–Crippen LogP) is 1.57. The summed E-state index contributed by atoms with van der Waals surface area (Å²) in [7, 11) is -1.73. The highest BCUT2D eigenvalue weighted by atomic mass is 35.5. The number of nitrogens with one attached hydrogen (secondary N) is 1. The Morgan fingerprint density at radius 2 is 2.06 bits per heavy atom. The Morgan fingerprint density at radius 1 is 1.44 bits per heavy atom. The summed E-state index contributed by atoms with van der Waals surface area (Å²) in [4.78, 5) is 0. The first kappa shape index (κ1) is 14.2. The average molecular weight is 269 g/mol. The fourth-order valence-corrected chi connectivity index (χ4v) is 3.38. The third kappa shape index (κ3) is 3.87. The SMILES string of the molecule is CC(C)N(C)S(=O)(=O)NCC1CCC(Cl)C1. The van der Waals surface area contributed by atoms with Gasteiger partial charge in [-0.05, 0) is 39.0 Å². The van der Waals surface area contributed by atoms with Gasteiger partial charge in [0.15, 0.2) is 0 Å². The molecule has 4 nitrogen and oxygen atoms in total.